The van der Waals surface area contributed by atoms with Crippen LogP contribution in [0.4, 0.5) is 0 Å². The van der Waals surface area contributed by atoms with Gasteiger partial charge < -0.3 is 4.90 Å². The summed E-state index contributed by atoms with van der Waals surface area (Å²) >= 11 is 1.72. The minimum absolute atomic E-state index is 0.0111. The lowest BCUT2D eigenvalue weighted by atomic mass is 10.00. The zero-order valence-electron chi connectivity index (χ0n) is 15.3. The highest BCUT2D eigenvalue weighted by atomic mass is 32.1. The molecule has 2 aromatic carbocycles. The van der Waals surface area contributed by atoms with Crippen molar-refractivity contribution in [1.82, 2.24) is 10.2 Å². The van der Waals surface area contributed by atoms with Gasteiger partial charge in [0.25, 0.3) is 0 Å². The van der Waals surface area contributed by atoms with E-state index in [1.54, 1.807) is 11.3 Å². The largest absolute Gasteiger partial charge is 0.341 e. The monoisotopic (exact) mass is 376 g/mol. The third kappa shape index (κ3) is 4.12. The van der Waals surface area contributed by atoms with E-state index in [9.17, 15) is 4.79 Å². The molecular weight excluding hydrogens is 352 g/mol. The van der Waals surface area contributed by atoms with Crippen LogP contribution in [0.1, 0.15) is 40.9 Å². The van der Waals surface area contributed by atoms with Crippen molar-refractivity contribution in [2.75, 3.05) is 13.1 Å². The Bertz CT molecular complexity index is 843. The van der Waals surface area contributed by atoms with Crippen molar-refractivity contribution < 1.29 is 4.79 Å². The Hall–Kier alpha value is -2.43. The molecule has 1 aliphatic rings. The summed E-state index contributed by atoms with van der Waals surface area (Å²) in [6.45, 7) is 1.72. The highest BCUT2D eigenvalue weighted by molar-refractivity contribution is 7.10. The van der Waals surface area contributed by atoms with Crippen molar-refractivity contribution >= 4 is 17.2 Å². The van der Waals surface area contributed by atoms with E-state index in [0.29, 0.717) is 0 Å². The maximum absolute atomic E-state index is 13.3. The van der Waals surface area contributed by atoms with Gasteiger partial charge in [-0.3, -0.25) is 10.1 Å². The number of likely N-dealkylation sites (tertiary alicyclic amines) is 1. The first kappa shape index (κ1) is 18.0. The van der Waals surface area contributed by atoms with E-state index < -0.39 is 0 Å². The molecule has 27 heavy (non-hydrogen) atoms. The maximum Gasteiger partial charge on any atom is 0.244 e. The predicted molar refractivity (Wildman–Crippen MR) is 111 cm³/mol. The number of benzene rings is 2. The smallest absolute Gasteiger partial charge is 0.244 e. The summed E-state index contributed by atoms with van der Waals surface area (Å²) in [5, 5.41) is 5.78. The van der Waals surface area contributed by atoms with Crippen molar-refractivity contribution in [1.29, 1.82) is 0 Å². The predicted octanol–water partition coefficient (Wildman–Crippen LogP) is 4.79. The molecule has 0 aliphatic carbocycles. The Morgan fingerprint density at radius 1 is 0.852 bits per heavy atom. The highest BCUT2D eigenvalue weighted by Gasteiger charge is 2.30. The number of nitrogens with one attached hydrogen (secondary N) is 1. The maximum atomic E-state index is 13.3. The van der Waals surface area contributed by atoms with Crippen LogP contribution in [0.5, 0.6) is 0 Å². The highest BCUT2D eigenvalue weighted by Crippen LogP contribution is 2.30. The molecule has 1 aromatic heterocycles. The van der Waals surface area contributed by atoms with E-state index in [-0.39, 0.29) is 18.0 Å². The lowest BCUT2D eigenvalue weighted by molar-refractivity contribution is -0.132. The van der Waals surface area contributed by atoms with Gasteiger partial charge in [0.15, 0.2) is 0 Å². The van der Waals surface area contributed by atoms with Crippen LogP contribution in [-0.4, -0.2) is 23.9 Å². The van der Waals surface area contributed by atoms with E-state index in [1.807, 2.05) is 41.3 Å². The molecular formula is C23H24N2OS. The van der Waals surface area contributed by atoms with Gasteiger partial charge in [-0.1, -0.05) is 66.7 Å². The molecule has 0 radical (unpaired) electrons. The standard InChI is InChI=1S/C23H24N2OS/c26-23(25-15-7-8-16-25)22(19-12-5-2-6-13-19)24-21(20-14-9-17-27-20)18-10-3-1-4-11-18/h1-6,9-14,17,21-22,24H,7-8,15-16H2/t21-,22+/m0/s1. The fourth-order valence-electron chi connectivity index (χ4n) is 3.69. The lowest BCUT2D eigenvalue weighted by Crippen LogP contribution is -2.41. The Labute approximate surface area is 164 Å². The van der Waals surface area contributed by atoms with Crippen molar-refractivity contribution in [2.45, 2.75) is 24.9 Å². The van der Waals surface area contributed by atoms with Crippen LogP contribution in [0.3, 0.4) is 0 Å². The van der Waals surface area contributed by atoms with Crippen molar-refractivity contribution in [3.8, 4) is 0 Å². The summed E-state index contributed by atoms with van der Waals surface area (Å²) in [6, 6.07) is 24.3. The SMILES string of the molecule is O=C([C@H](N[C@@H](c1ccccc1)c1cccs1)c1ccccc1)N1CCCC1. The van der Waals surface area contributed by atoms with E-state index in [2.05, 4.69) is 47.1 Å². The molecule has 1 amide bonds. The third-order valence-corrected chi connectivity index (χ3v) is 6.03. The molecule has 2 atom stereocenters. The van der Waals surface area contributed by atoms with Gasteiger partial charge in [0, 0.05) is 18.0 Å². The van der Waals surface area contributed by atoms with Gasteiger partial charge in [-0.05, 0) is 35.4 Å². The van der Waals surface area contributed by atoms with E-state index >= 15 is 0 Å². The Kier molecular flexibility index (Phi) is 5.66. The van der Waals surface area contributed by atoms with Crippen molar-refractivity contribution in [3.05, 3.63) is 94.2 Å². The quantitative estimate of drug-likeness (QED) is 0.671. The van der Waals surface area contributed by atoms with Crippen LogP contribution in [0.15, 0.2) is 78.2 Å². The molecule has 0 spiro atoms. The zero-order valence-corrected chi connectivity index (χ0v) is 16.1. The normalized spacial score (nSPS) is 16.2. The number of thiophene rings is 1. The number of amides is 1. The molecule has 1 N–H and O–H groups in total. The molecule has 0 saturated carbocycles. The number of nitrogens with zero attached hydrogens (tertiary/aromatic N) is 1. The molecule has 2 heterocycles. The molecule has 1 aliphatic heterocycles. The van der Waals surface area contributed by atoms with Crippen LogP contribution < -0.4 is 5.32 Å². The van der Waals surface area contributed by atoms with Crippen molar-refractivity contribution in [3.63, 3.8) is 0 Å². The number of carbonyl (C=O) groups is 1. The van der Waals surface area contributed by atoms with Crippen LogP contribution >= 0.6 is 11.3 Å². The molecule has 3 aromatic rings. The molecule has 4 rings (SSSR count). The number of carbonyl (C=O) groups excluding carboxylic acids is 1. The van der Waals surface area contributed by atoms with Crippen LogP contribution in [0, 0.1) is 0 Å². The Balaban J connectivity index is 1.69. The first-order chi connectivity index (χ1) is 13.3. The third-order valence-electron chi connectivity index (χ3n) is 5.09. The summed E-state index contributed by atoms with van der Waals surface area (Å²) in [4.78, 5) is 16.6. The summed E-state index contributed by atoms with van der Waals surface area (Å²) in [6.07, 6.45) is 2.20. The van der Waals surface area contributed by atoms with E-state index in [1.165, 1.54) is 10.4 Å². The molecule has 0 bridgehead atoms. The second-order valence-corrected chi connectivity index (χ2v) is 7.88. The summed E-state index contributed by atoms with van der Waals surface area (Å²) < 4.78 is 0. The minimum atomic E-state index is -0.350. The molecule has 0 unspecified atom stereocenters. The molecule has 138 valence electrons. The molecule has 1 fully saturated rings. The second kappa shape index (κ2) is 8.51. The van der Waals surface area contributed by atoms with Gasteiger partial charge in [-0.15, -0.1) is 11.3 Å². The van der Waals surface area contributed by atoms with Gasteiger partial charge in [-0.25, -0.2) is 0 Å². The van der Waals surface area contributed by atoms with Gasteiger partial charge in [0.05, 0.1) is 6.04 Å². The first-order valence-electron chi connectivity index (χ1n) is 9.51. The zero-order chi connectivity index (χ0) is 18.5. The number of hydrogen-bond acceptors (Lipinski definition) is 3. The van der Waals surface area contributed by atoms with Crippen LogP contribution in [-0.2, 0) is 4.79 Å². The average Bonchev–Trinajstić information content (AvgIpc) is 3.44. The van der Waals surface area contributed by atoms with Gasteiger partial charge in [-0.2, -0.15) is 0 Å². The van der Waals surface area contributed by atoms with E-state index in [0.717, 1.165) is 31.5 Å². The van der Waals surface area contributed by atoms with Gasteiger partial charge >= 0.3 is 0 Å². The average molecular weight is 377 g/mol. The fourth-order valence-corrected chi connectivity index (χ4v) is 4.50. The van der Waals surface area contributed by atoms with Gasteiger partial charge in [0.2, 0.25) is 5.91 Å². The second-order valence-electron chi connectivity index (χ2n) is 6.90. The number of hydrogen-bond donors (Lipinski definition) is 1. The van der Waals surface area contributed by atoms with Gasteiger partial charge in [0.1, 0.15) is 6.04 Å². The fraction of sp³-hybridized carbons (Fsp3) is 0.261. The number of rotatable bonds is 6. The first-order valence-corrected chi connectivity index (χ1v) is 10.4. The lowest BCUT2D eigenvalue weighted by Gasteiger charge is -2.28. The summed E-state index contributed by atoms with van der Waals surface area (Å²) in [5.74, 6) is 0.177. The Morgan fingerprint density at radius 3 is 2.07 bits per heavy atom. The summed E-state index contributed by atoms with van der Waals surface area (Å²) in [7, 11) is 0. The molecule has 3 nitrogen and oxygen atoms in total. The Morgan fingerprint density at radius 2 is 1.48 bits per heavy atom. The molecule has 1 saturated heterocycles. The minimum Gasteiger partial charge on any atom is -0.341 e. The van der Waals surface area contributed by atoms with Crippen LogP contribution in [0.25, 0.3) is 0 Å². The summed E-state index contributed by atoms with van der Waals surface area (Å²) in [5.41, 5.74) is 2.20. The van der Waals surface area contributed by atoms with E-state index in [4.69, 9.17) is 0 Å². The topological polar surface area (TPSA) is 32.3 Å². The molecule has 4 heteroatoms. The van der Waals surface area contributed by atoms with Crippen molar-refractivity contribution in [2.24, 2.45) is 0 Å². The van der Waals surface area contributed by atoms with Crippen LogP contribution in [0.2, 0.25) is 0 Å².